The number of amides is 5. The fraction of sp³-hybridized carbons (Fsp3) is 0.421. The molecule has 2 N–H and O–H groups in total. The van der Waals surface area contributed by atoms with E-state index < -0.39 is 35.8 Å². The van der Waals surface area contributed by atoms with Crippen molar-refractivity contribution in [1.29, 1.82) is 0 Å². The molecule has 9 nitrogen and oxygen atoms in total. The molecular weight excluding hydrogens is 366 g/mol. The Labute approximate surface area is 160 Å². The first-order valence-electron chi connectivity index (χ1n) is 9.20. The van der Waals surface area contributed by atoms with E-state index in [1.807, 2.05) is 0 Å². The van der Waals surface area contributed by atoms with Crippen LogP contribution in [-0.2, 0) is 9.59 Å². The van der Waals surface area contributed by atoms with Crippen LogP contribution in [0, 0.1) is 0 Å². The van der Waals surface area contributed by atoms with Gasteiger partial charge in [-0.05, 0) is 42.9 Å². The number of rotatable bonds is 2. The average Bonchev–Trinajstić information content (AvgIpc) is 2.92. The van der Waals surface area contributed by atoms with Crippen LogP contribution in [0.3, 0.4) is 0 Å². The second-order valence-corrected chi connectivity index (χ2v) is 7.30. The molecule has 3 aliphatic rings. The van der Waals surface area contributed by atoms with Crippen LogP contribution >= 0.6 is 0 Å². The molecule has 2 fully saturated rings. The number of fused-ring (bicyclic) bond motifs is 1. The van der Waals surface area contributed by atoms with Crippen molar-refractivity contribution in [3.63, 3.8) is 0 Å². The van der Waals surface area contributed by atoms with Crippen LogP contribution in [0.15, 0.2) is 18.2 Å². The van der Waals surface area contributed by atoms with E-state index in [1.54, 1.807) is 18.2 Å². The van der Waals surface area contributed by atoms with Crippen LogP contribution in [0.25, 0.3) is 0 Å². The Morgan fingerprint density at radius 1 is 1.00 bits per heavy atom. The molecule has 1 atom stereocenters. The summed E-state index contributed by atoms with van der Waals surface area (Å²) in [6.45, 7) is 0.846. The number of likely N-dealkylation sites (tertiary alicyclic amines) is 1. The number of hydrogen-bond acceptors (Lipinski definition) is 5. The number of imide groups is 2. The highest BCUT2D eigenvalue weighted by molar-refractivity contribution is 6.23. The summed E-state index contributed by atoms with van der Waals surface area (Å²) in [6.07, 6.45) is 0.551. The zero-order chi connectivity index (χ0) is 20.0. The van der Waals surface area contributed by atoms with E-state index in [9.17, 15) is 24.0 Å². The van der Waals surface area contributed by atoms with Gasteiger partial charge in [0, 0.05) is 19.5 Å². The summed E-state index contributed by atoms with van der Waals surface area (Å²) in [5.74, 6) is -1.99. The van der Waals surface area contributed by atoms with Crippen LogP contribution in [0.1, 0.15) is 57.9 Å². The number of hydrogen-bond donors (Lipinski definition) is 2. The third-order valence-electron chi connectivity index (χ3n) is 5.70. The second kappa shape index (κ2) is 6.74. The lowest BCUT2D eigenvalue weighted by Crippen LogP contribution is -2.54. The van der Waals surface area contributed by atoms with E-state index in [-0.39, 0.29) is 29.9 Å². The van der Waals surface area contributed by atoms with E-state index in [2.05, 4.69) is 5.32 Å². The molecule has 5 amide bonds. The quantitative estimate of drug-likeness (QED) is 0.731. The zero-order valence-electron chi connectivity index (χ0n) is 15.0. The van der Waals surface area contributed by atoms with Crippen molar-refractivity contribution in [3.8, 4) is 0 Å². The molecule has 0 radical (unpaired) electrons. The van der Waals surface area contributed by atoms with Crippen molar-refractivity contribution in [2.45, 2.75) is 37.6 Å². The summed E-state index contributed by atoms with van der Waals surface area (Å²) in [4.78, 5) is 62.4. The monoisotopic (exact) mass is 385 g/mol. The SMILES string of the molecule is O=C1CCC(N2C(=O)c3ccc(C4CCN(C(=O)O)CC4)cc3C2=O)C(=O)N1. The number of carbonyl (C=O) groups excluding carboxylic acids is 4. The lowest BCUT2D eigenvalue weighted by molar-refractivity contribution is -0.136. The van der Waals surface area contributed by atoms with Gasteiger partial charge in [-0.1, -0.05) is 6.07 Å². The van der Waals surface area contributed by atoms with E-state index in [0.29, 0.717) is 25.9 Å². The first-order chi connectivity index (χ1) is 13.4. The van der Waals surface area contributed by atoms with Gasteiger partial charge in [0.25, 0.3) is 11.8 Å². The summed E-state index contributed by atoms with van der Waals surface area (Å²) >= 11 is 0. The minimum Gasteiger partial charge on any atom is -0.465 e. The summed E-state index contributed by atoms with van der Waals surface area (Å²) in [6, 6.07) is 4.09. The Hall–Kier alpha value is -3.23. The largest absolute Gasteiger partial charge is 0.465 e. The normalized spacial score (nSPS) is 23.1. The number of carboxylic acid groups (broad SMARTS) is 1. The predicted octanol–water partition coefficient (Wildman–Crippen LogP) is 0.945. The smallest absolute Gasteiger partial charge is 0.407 e. The molecule has 0 aliphatic carbocycles. The lowest BCUT2D eigenvalue weighted by Gasteiger charge is -2.30. The molecule has 1 aromatic carbocycles. The average molecular weight is 385 g/mol. The maximum atomic E-state index is 12.9. The zero-order valence-corrected chi connectivity index (χ0v) is 15.0. The molecule has 0 saturated carbocycles. The highest BCUT2D eigenvalue weighted by atomic mass is 16.4. The molecule has 0 spiro atoms. The summed E-state index contributed by atoms with van der Waals surface area (Å²) in [5, 5.41) is 11.2. The van der Waals surface area contributed by atoms with Crippen molar-refractivity contribution in [2.24, 2.45) is 0 Å². The first-order valence-corrected chi connectivity index (χ1v) is 9.20. The van der Waals surface area contributed by atoms with Gasteiger partial charge in [0.2, 0.25) is 11.8 Å². The topological polar surface area (TPSA) is 124 Å². The molecule has 1 unspecified atom stereocenters. The van der Waals surface area contributed by atoms with Gasteiger partial charge in [-0.15, -0.1) is 0 Å². The molecule has 0 aromatic heterocycles. The predicted molar refractivity (Wildman–Crippen MR) is 94.7 cm³/mol. The van der Waals surface area contributed by atoms with E-state index >= 15 is 0 Å². The van der Waals surface area contributed by atoms with Crippen molar-refractivity contribution in [1.82, 2.24) is 15.1 Å². The Morgan fingerprint density at radius 2 is 1.68 bits per heavy atom. The Morgan fingerprint density at radius 3 is 2.32 bits per heavy atom. The Bertz CT molecular complexity index is 903. The third kappa shape index (κ3) is 2.92. The first kappa shape index (κ1) is 18.1. The second-order valence-electron chi connectivity index (χ2n) is 7.30. The van der Waals surface area contributed by atoms with Crippen LogP contribution in [0.4, 0.5) is 4.79 Å². The molecule has 0 bridgehead atoms. The third-order valence-corrected chi connectivity index (χ3v) is 5.70. The van der Waals surface area contributed by atoms with E-state index in [1.165, 1.54) is 4.90 Å². The number of carbonyl (C=O) groups is 5. The summed E-state index contributed by atoms with van der Waals surface area (Å²) < 4.78 is 0. The van der Waals surface area contributed by atoms with Crippen molar-refractivity contribution in [3.05, 3.63) is 34.9 Å². The van der Waals surface area contributed by atoms with Gasteiger partial charge in [-0.3, -0.25) is 29.4 Å². The maximum Gasteiger partial charge on any atom is 0.407 e. The molecule has 9 heteroatoms. The fourth-order valence-electron chi connectivity index (χ4n) is 4.15. The van der Waals surface area contributed by atoms with Gasteiger partial charge < -0.3 is 10.0 Å². The molecule has 3 heterocycles. The summed E-state index contributed by atoms with van der Waals surface area (Å²) in [7, 11) is 0. The lowest BCUT2D eigenvalue weighted by atomic mass is 9.88. The van der Waals surface area contributed by atoms with Gasteiger partial charge in [0.05, 0.1) is 11.1 Å². The molecule has 28 heavy (non-hydrogen) atoms. The van der Waals surface area contributed by atoms with Crippen molar-refractivity contribution < 1.29 is 29.1 Å². The van der Waals surface area contributed by atoms with Gasteiger partial charge in [0.1, 0.15) is 6.04 Å². The number of nitrogens with zero attached hydrogens (tertiary/aromatic N) is 2. The maximum absolute atomic E-state index is 12.9. The summed E-state index contributed by atoms with van der Waals surface area (Å²) in [5.41, 5.74) is 1.39. The van der Waals surface area contributed by atoms with Crippen molar-refractivity contribution >= 4 is 29.7 Å². The van der Waals surface area contributed by atoms with E-state index in [0.717, 1.165) is 10.5 Å². The minimum absolute atomic E-state index is 0.0806. The highest BCUT2D eigenvalue weighted by Crippen LogP contribution is 2.33. The van der Waals surface area contributed by atoms with Gasteiger partial charge in [0.15, 0.2) is 0 Å². The molecular formula is C19H19N3O6. The standard InChI is InChI=1S/C19H19N3O6/c23-15-4-3-14(16(24)20-15)22-17(25)12-2-1-11(9-13(12)18(22)26)10-5-7-21(8-6-10)19(27)28/h1-2,9-10,14H,3-8H2,(H,27,28)(H,20,23,24). The Balaban J connectivity index is 1.55. The molecule has 3 aliphatic heterocycles. The molecule has 4 rings (SSSR count). The van der Waals surface area contributed by atoms with Crippen LogP contribution in [-0.4, -0.2) is 63.8 Å². The molecule has 146 valence electrons. The van der Waals surface area contributed by atoms with Crippen LogP contribution < -0.4 is 5.32 Å². The number of piperidine rings is 2. The van der Waals surface area contributed by atoms with Crippen LogP contribution in [0.2, 0.25) is 0 Å². The van der Waals surface area contributed by atoms with Gasteiger partial charge >= 0.3 is 6.09 Å². The van der Waals surface area contributed by atoms with Crippen LogP contribution in [0.5, 0.6) is 0 Å². The van der Waals surface area contributed by atoms with Gasteiger partial charge in [-0.2, -0.15) is 0 Å². The van der Waals surface area contributed by atoms with Crippen molar-refractivity contribution in [2.75, 3.05) is 13.1 Å². The fourth-order valence-corrected chi connectivity index (χ4v) is 4.15. The molecule has 2 saturated heterocycles. The van der Waals surface area contributed by atoms with Gasteiger partial charge in [-0.25, -0.2) is 4.79 Å². The number of nitrogens with one attached hydrogen (secondary N) is 1. The van der Waals surface area contributed by atoms with E-state index in [4.69, 9.17) is 5.11 Å². The molecule has 1 aromatic rings. The minimum atomic E-state index is -0.979. The highest BCUT2D eigenvalue weighted by Gasteiger charge is 2.44. The number of benzene rings is 1. The Kier molecular flexibility index (Phi) is 4.37.